The molecule has 0 aliphatic heterocycles. The van der Waals surface area contributed by atoms with E-state index < -0.39 is 41.5 Å². The summed E-state index contributed by atoms with van der Waals surface area (Å²) in [7, 11) is 0. The molecule has 0 aliphatic carbocycles. The second-order valence-corrected chi connectivity index (χ2v) is 13.6. The third-order valence-electron chi connectivity index (χ3n) is 7.58. The first-order valence-corrected chi connectivity index (χ1v) is 17.0. The van der Waals surface area contributed by atoms with E-state index in [-0.39, 0.29) is 62.4 Å². The van der Waals surface area contributed by atoms with Gasteiger partial charge in [0.2, 0.25) is 11.8 Å². The Morgan fingerprint density at radius 3 is 2.21 bits per heavy atom. The van der Waals surface area contributed by atoms with Crippen LogP contribution in [0.15, 0.2) is 35.3 Å². The lowest BCUT2D eigenvalue weighted by molar-refractivity contribution is -0.137. The topological polar surface area (TPSA) is 192 Å². The zero-order valence-corrected chi connectivity index (χ0v) is 30.0. The summed E-state index contributed by atoms with van der Waals surface area (Å²) in [6.07, 6.45) is 1.90. The summed E-state index contributed by atoms with van der Waals surface area (Å²) < 4.78 is 11.3. The summed E-state index contributed by atoms with van der Waals surface area (Å²) in [6.45, 7) is 13.2. The minimum absolute atomic E-state index is 0.00566. The molecule has 0 bridgehead atoms. The summed E-state index contributed by atoms with van der Waals surface area (Å²) >= 11 is 0. The fourth-order valence-electron chi connectivity index (χ4n) is 4.72. The molecule has 0 aliphatic rings. The minimum atomic E-state index is -0.921. The standard InChI is InChI=1S/C36H59N5O7/c1-8-28(42)23-47-19-13-17-31(43)30(20-26-14-10-9-11-15-26)40-34(45)27(22-48-36(5,6)7)21-32(44)33(24(2)3)41-35(46)29(38)16-12-18-39-25(4)37/h9-11,14-15,24,27,29-30,33H,8,12-13,16-23,38H2,1-7H3,(H2,37,39)(H,40,45)(H,41,46)/t27-,29-,30-,33-/m0/s1. The van der Waals surface area contributed by atoms with E-state index in [4.69, 9.17) is 20.9 Å². The zero-order chi connectivity index (χ0) is 36.3. The van der Waals surface area contributed by atoms with E-state index in [1.165, 1.54) is 0 Å². The molecule has 2 amide bonds. The molecular weight excluding hydrogens is 614 g/mol. The molecule has 0 saturated heterocycles. The van der Waals surface area contributed by atoms with Crippen molar-refractivity contribution < 1.29 is 33.4 Å². The molecule has 6 N–H and O–H groups in total. The summed E-state index contributed by atoms with van der Waals surface area (Å²) in [4.78, 5) is 69.4. The molecule has 0 heterocycles. The van der Waals surface area contributed by atoms with Gasteiger partial charge in [-0.15, -0.1) is 0 Å². The van der Waals surface area contributed by atoms with Crippen molar-refractivity contribution in [2.75, 3.05) is 26.4 Å². The molecule has 270 valence electrons. The van der Waals surface area contributed by atoms with Crippen LogP contribution in [0.25, 0.3) is 0 Å². The van der Waals surface area contributed by atoms with E-state index in [1.807, 2.05) is 65.0 Å². The molecule has 0 unspecified atom stereocenters. The number of nitrogens with one attached hydrogen (secondary N) is 2. The largest absolute Gasteiger partial charge is 0.388 e. The van der Waals surface area contributed by atoms with Gasteiger partial charge in [0.1, 0.15) is 6.61 Å². The second kappa shape index (κ2) is 22.2. The third kappa shape index (κ3) is 18.2. The molecular formula is C36H59N5O7. The van der Waals surface area contributed by atoms with Gasteiger partial charge in [-0.05, 0) is 64.9 Å². The second-order valence-electron chi connectivity index (χ2n) is 13.6. The van der Waals surface area contributed by atoms with Crippen LogP contribution < -0.4 is 22.1 Å². The van der Waals surface area contributed by atoms with Gasteiger partial charge in [0.25, 0.3) is 0 Å². The average molecular weight is 674 g/mol. The number of ketones is 3. The van der Waals surface area contributed by atoms with Crippen LogP contribution in [-0.2, 0) is 39.9 Å². The number of amides is 2. The van der Waals surface area contributed by atoms with Crippen molar-refractivity contribution in [3.05, 3.63) is 35.9 Å². The van der Waals surface area contributed by atoms with Crippen molar-refractivity contribution in [2.24, 2.45) is 28.3 Å². The SMILES string of the molecule is CCC(=O)COCCCC(=O)[C@H](Cc1ccccc1)NC(=O)[C@H](COC(C)(C)C)CC(=O)[C@@H](NC(=O)[C@@H](N)CCCN=C(C)N)C(C)C. The van der Waals surface area contributed by atoms with Crippen molar-refractivity contribution in [1.82, 2.24) is 10.6 Å². The van der Waals surface area contributed by atoms with Gasteiger partial charge in [0.15, 0.2) is 17.3 Å². The molecule has 0 aromatic heterocycles. The van der Waals surface area contributed by atoms with Gasteiger partial charge in [0, 0.05) is 32.4 Å². The maximum absolute atomic E-state index is 13.8. The van der Waals surface area contributed by atoms with Gasteiger partial charge in [-0.25, -0.2) is 0 Å². The molecule has 0 radical (unpaired) electrons. The van der Waals surface area contributed by atoms with Crippen LogP contribution in [0.1, 0.15) is 92.6 Å². The Balaban J connectivity index is 3.08. The molecule has 1 aromatic carbocycles. The van der Waals surface area contributed by atoms with Crippen LogP contribution in [0.2, 0.25) is 0 Å². The Labute approximate surface area is 286 Å². The number of carbonyl (C=O) groups is 5. The molecule has 0 spiro atoms. The molecule has 48 heavy (non-hydrogen) atoms. The first-order chi connectivity index (χ1) is 22.5. The Kier molecular flexibility index (Phi) is 19.7. The third-order valence-corrected chi connectivity index (χ3v) is 7.58. The van der Waals surface area contributed by atoms with Crippen molar-refractivity contribution in [2.45, 2.75) is 117 Å². The maximum Gasteiger partial charge on any atom is 0.237 e. The highest BCUT2D eigenvalue weighted by Gasteiger charge is 2.33. The fourth-order valence-corrected chi connectivity index (χ4v) is 4.72. The smallest absolute Gasteiger partial charge is 0.237 e. The van der Waals surface area contributed by atoms with Gasteiger partial charge in [0.05, 0.1) is 42.1 Å². The lowest BCUT2D eigenvalue weighted by Crippen LogP contribution is -2.52. The Morgan fingerprint density at radius 1 is 0.958 bits per heavy atom. The maximum atomic E-state index is 13.8. The summed E-state index contributed by atoms with van der Waals surface area (Å²) in [5.74, 6) is -2.23. The molecule has 0 saturated carbocycles. The van der Waals surface area contributed by atoms with Crippen molar-refractivity contribution >= 4 is 35.0 Å². The average Bonchev–Trinajstić information content (AvgIpc) is 3.02. The normalized spacial score (nSPS) is 14.6. The number of hydrogen-bond acceptors (Lipinski definition) is 9. The first kappa shape index (κ1) is 42.5. The van der Waals surface area contributed by atoms with Gasteiger partial charge < -0.3 is 31.6 Å². The van der Waals surface area contributed by atoms with Crippen LogP contribution in [0.3, 0.4) is 0 Å². The number of nitrogens with two attached hydrogens (primary N) is 2. The Morgan fingerprint density at radius 2 is 1.62 bits per heavy atom. The van der Waals surface area contributed by atoms with E-state index in [0.29, 0.717) is 38.1 Å². The van der Waals surface area contributed by atoms with Gasteiger partial charge >= 0.3 is 0 Å². The summed E-state index contributed by atoms with van der Waals surface area (Å²) in [6, 6.07) is 6.78. The van der Waals surface area contributed by atoms with Gasteiger partial charge in [-0.2, -0.15) is 0 Å². The lowest BCUT2D eigenvalue weighted by atomic mass is 9.91. The molecule has 12 heteroatoms. The number of aliphatic imine (C=N–C) groups is 1. The van der Waals surface area contributed by atoms with Crippen LogP contribution in [0.5, 0.6) is 0 Å². The van der Waals surface area contributed by atoms with E-state index in [1.54, 1.807) is 13.8 Å². The number of nitrogens with zero attached hydrogens (tertiary/aromatic N) is 1. The highest BCUT2D eigenvalue weighted by atomic mass is 16.5. The van der Waals surface area contributed by atoms with Crippen molar-refractivity contribution in [1.29, 1.82) is 0 Å². The first-order valence-electron chi connectivity index (χ1n) is 17.0. The highest BCUT2D eigenvalue weighted by molar-refractivity contribution is 5.95. The predicted octanol–water partition coefficient (Wildman–Crippen LogP) is 3.07. The van der Waals surface area contributed by atoms with Gasteiger partial charge in [-0.1, -0.05) is 51.1 Å². The van der Waals surface area contributed by atoms with Crippen molar-refractivity contribution in [3.8, 4) is 0 Å². The lowest BCUT2D eigenvalue weighted by Gasteiger charge is -2.28. The molecule has 0 fully saturated rings. The molecule has 1 aromatic rings. The van der Waals surface area contributed by atoms with E-state index >= 15 is 0 Å². The fraction of sp³-hybridized carbons (Fsp3) is 0.667. The highest BCUT2D eigenvalue weighted by Crippen LogP contribution is 2.17. The van der Waals surface area contributed by atoms with Crippen LogP contribution >= 0.6 is 0 Å². The molecule has 4 atom stereocenters. The predicted molar refractivity (Wildman–Crippen MR) is 187 cm³/mol. The zero-order valence-electron chi connectivity index (χ0n) is 30.0. The van der Waals surface area contributed by atoms with E-state index in [2.05, 4.69) is 15.6 Å². The number of carbonyl (C=O) groups excluding carboxylic acids is 5. The van der Waals surface area contributed by atoms with Crippen LogP contribution in [-0.4, -0.2) is 85.1 Å². The summed E-state index contributed by atoms with van der Waals surface area (Å²) in [5.41, 5.74) is 11.9. The van der Waals surface area contributed by atoms with Crippen LogP contribution in [0, 0.1) is 11.8 Å². The number of Topliss-reactive ketones (excluding diaryl/α,β-unsaturated/α-hetero) is 3. The number of ether oxygens (including phenoxy) is 2. The summed E-state index contributed by atoms with van der Waals surface area (Å²) in [5, 5.41) is 5.68. The van der Waals surface area contributed by atoms with E-state index in [9.17, 15) is 24.0 Å². The Hall–Kier alpha value is -3.48. The monoisotopic (exact) mass is 673 g/mol. The quantitative estimate of drug-likeness (QED) is 0.0725. The number of amidine groups is 1. The number of benzene rings is 1. The minimum Gasteiger partial charge on any atom is -0.388 e. The van der Waals surface area contributed by atoms with E-state index in [0.717, 1.165) is 5.56 Å². The molecule has 12 nitrogen and oxygen atoms in total. The van der Waals surface area contributed by atoms with Crippen LogP contribution in [0.4, 0.5) is 0 Å². The van der Waals surface area contributed by atoms with Crippen molar-refractivity contribution in [3.63, 3.8) is 0 Å². The number of rotatable bonds is 24. The molecule has 1 rings (SSSR count). The van der Waals surface area contributed by atoms with Gasteiger partial charge in [-0.3, -0.25) is 29.0 Å². The Bertz CT molecular complexity index is 1190. The number of hydrogen-bond donors (Lipinski definition) is 4.